The third kappa shape index (κ3) is 5.81. The molecular formula is C13H16F3NO3. The molecule has 112 valence electrons. The summed E-state index contributed by atoms with van der Waals surface area (Å²) in [5.41, 5.74) is 1.18. The van der Waals surface area contributed by atoms with Crippen LogP contribution in [-0.2, 0) is 4.74 Å². The predicted molar refractivity (Wildman–Crippen MR) is 68.0 cm³/mol. The molecular weight excluding hydrogens is 275 g/mol. The van der Waals surface area contributed by atoms with E-state index in [0.717, 1.165) is 12.0 Å². The van der Waals surface area contributed by atoms with Crippen LogP contribution in [-0.4, -0.2) is 25.5 Å². The third-order valence-corrected chi connectivity index (χ3v) is 2.20. The third-order valence-electron chi connectivity index (χ3n) is 2.20. The molecule has 4 nitrogen and oxygen atoms in total. The molecule has 0 unspecified atom stereocenters. The molecule has 0 bridgehead atoms. The van der Waals surface area contributed by atoms with Crippen LogP contribution in [0.15, 0.2) is 18.2 Å². The molecule has 0 spiro atoms. The van der Waals surface area contributed by atoms with E-state index in [1.807, 2.05) is 13.8 Å². The summed E-state index contributed by atoms with van der Waals surface area (Å²) in [6.07, 6.45) is -4.95. The maximum Gasteiger partial charge on any atom is 0.422 e. The Morgan fingerprint density at radius 1 is 1.35 bits per heavy atom. The molecule has 0 aliphatic heterocycles. The first-order chi connectivity index (χ1) is 9.31. The van der Waals surface area contributed by atoms with Gasteiger partial charge in [-0.25, -0.2) is 4.79 Å². The molecule has 20 heavy (non-hydrogen) atoms. The minimum absolute atomic E-state index is 0.274. The van der Waals surface area contributed by atoms with Crippen LogP contribution in [0.25, 0.3) is 0 Å². The summed E-state index contributed by atoms with van der Waals surface area (Å²) in [6.45, 7) is 2.57. The average molecular weight is 291 g/mol. The molecule has 1 aromatic carbocycles. The molecule has 0 saturated heterocycles. The zero-order valence-electron chi connectivity index (χ0n) is 11.2. The normalized spacial score (nSPS) is 11.1. The lowest BCUT2D eigenvalue weighted by atomic mass is 10.2. The lowest BCUT2D eigenvalue weighted by Crippen LogP contribution is -2.23. The van der Waals surface area contributed by atoms with E-state index in [9.17, 15) is 18.0 Å². The molecule has 0 aromatic heterocycles. The second-order valence-electron chi connectivity index (χ2n) is 4.16. The Morgan fingerprint density at radius 2 is 2.05 bits per heavy atom. The molecule has 1 rings (SSSR count). The van der Waals surface area contributed by atoms with Crippen LogP contribution in [0.4, 0.5) is 23.7 Å². The number of rotatable bonds is 5. The Morgan fingerprint density at radius 3 is 2.65 bits per heavy atom. The molecule has 0 radical (unpaired) electrons. The summed E-state index contributed by atoms with van der Waals surface area (Å²) in [4.78, 5) is 11.3. The first kappa shape index (κ1) is 16.1. The fraction of sp³-hybridized carbons (Fsp3) is 0.462. The van der Waals surface area contributed by atoms with Crippen molar-refractivity contribution in [1.29, 1.82) is 0 Å². The molecule has 1 aromatic rings. The van der Waals surface area contributed by atoms with Gasteiger partial charge in [0.15, 0.2) is 6.61 Å². The van der Waals surface area contributed by atoms with Crippen LogP contribution in [0.1, 0.15) is 18.9 Å². The van der Waals surface area contributed by atoms with Crippen molar-refractivity contribution in [2.24, 2.45) is 0 Å². The highest BCUT2D eigenvalue weighted by atomic mass is 19.4. The van der Waals surface area contributed by atoms with Gasteiger partial charge in [-0.15, -0.1) is 0 Å². The fourth-order valence-corrected chi connectivity index (χ4v) is 1.36. The topological polar surface area (TPSA) is 47.6 Å². The highest BCUT2D eigenvalue weighted by Gasteiger charge is 2.29. The summed E-state index contributed by atoms with van der Waals surface area (Å²) in [5.74, 6) is 0.399. The van der Waals surface area contributed by atoms with E-state index in [1.54, 1.807) is 18.2 Å². The summed E-state index contributed by atoms with van der Waals surface area (Å²) in [7, 11) is 0. The lowest BCUT2D eigenvalue weighted by Gasteiger charge is -2.13. The number of carbonyl (C=O) groups excluding carboxylic acids is 1. The number of aryl methyl sites for hydroxylation is 1. The summed E-state index contributed by atoms with van der Waals surface area (Å²) < 4.78 is 45.3. The van der Waals surface area contributed by atoms with Crippen molar-refractivity contribution in [3.05, 3.63) is 23.8 Å². The van der Waals surface area contributed by atoms with Crippen LogP contribution in [0.3, 0.4) is 0 Å². The number of halogens is 3. The van der Waals surface area contributed by atoms with Crippen molar-refractivity contribution in [1.82, 2.24) is 0 Å². The van der Waals surface area contributed by atoms with Crippen molar-refractivity contribution in [3.63, 3.8) is 0 Å². The van der Waals surface area contributed by atoms with E-state index < -0.39 is 18.9 Å². The number of amides is 1. The van der Waals surface area contributed by atoms with Crippen molar-refractivity contribution < 1.29 is 27.4 Å². The predicted octanol–water partition coefficient (Wildman–Crippen LogP) is 3.89. The number of anilines is 1. The quantitative estimate of drug-likeness (QED) is 0.895. The maximum atomic E-state index is 11.9. The zero-order valence-corrected chi connectivity index (χ0v) is 11.2. The minimum Gasteiger partial charge on any atom is -0.491 e. The van der Waals surface area contributed by atoms with E-state index in [2.05, 4.69) is 10.1 Å². The summed E-state index contributed by atoms with van der Waals surface area (Å²) >= 11 is 0. The van der Waals surface area contributed by atoms with Gasteiger partial charge in [-0.05, 0) is 31.0 Å². The molecule has 1 amide bonds. The standard InChI is InChI=1S/C13H16F3NO3/c1-3-6-19-11-7-9(2)4-5-10(11)17-12(18)20-8-13(14,15)16/h4-5,7H,3,6,8H2,1-2H3,(H,17,18). The van der Waals surface area contributed by atoms with E-state index in [4.69, 9.17) is 4.74 Å². The van der Waals surface area contributed by atoms with Crippen molar-refractivity contribution >= 4 is 11.8 Å². The van der Waals surface area contributed by atoms with E-state index >= 15 is 0 Å². The van der Waals surface area contributed by atoms with Crippen molar-refractivity contribution in [2.45, 2.75) is 26.4 Å². The molecule has 0 heterocycles. The van der Waals surface area contributed by atoms with Crippen LogP contribution >= 0.6 is 0 Å². The number of ether oxygens (including phenoxy) is 2. The van der Waals surface area contributed by atoms with Gasteiger partial charge in [-0.1, -0.05) is 13.0 Å². The largest absolute Gasteiger partial charge is 0.491 e. The number of nitrogens with one attached hydrogen (secondary N) is 1. The molecule has 0 aliphatic rings. The van der Waals surface area contributed by atoms with E-state index in [0.29, 0.717) is 12.4 Å². The van der Waals surface area contributed by atoms with Gasteiger partial charge in [0.1, 0.15) is 5.75 Å². The van der Waals surface area contributed by atoms with Gasteiger partial charge in [0.2, 0.25) is 0 Å². The first-order valence-electron chi connectivity index (χ1n) is 6.06. The van der Waals surface area contributed by atoms with Gasteiger partial charge in [0, 0.05) is 0 Å². The molecule has 1 N–H and O–H groups in total. The van der Waals surface area contributed by atoms with Crippen molar-refractivity contribution in [2.75, 3.05) is 18.5 Å². The van der Waals surface area contributed by atoms with Gasteiger partial charge < -0.3 is 9.47 Å². The summed E-state index contributed by atoms with van der Waals surface area (Å²) in [6, 6.07) is 4.95. The average Bonchev–Trinajstić information content (AvgIpc) is 2.36. The molecule has 0 aliphatic carbocycles. The number of hydrogen-bond donors (Lipinski definition) is 1. The van der Waals surface area contributed by atoms with Gasteiger partial charge in [-0.2, -0.15) is 13.2 Å². The number of alkyl halides is 3. The Hall–Kier alpha value is -1.92. The minimum atomic E-state index is -4.55. The van der Waals surface area contributed by atoms with E-state index in [1.165, 1.54) is 0 Å². The highest BCUT2D eigenvalue weighted by molar-refractivity contribution is 5.86. The van der Waals surface area contributed by atoms with Gasteiger partial charge in [-0.3, -0.25) is 5.32 Å². The molecule has 0 saturated carbocycles. The molecule has 7 heteroatoms. The lowest BCUT2D eigenvalue weighted by molar-refractivity contribution is -0.159. The summed E-state index contributed by atoms with van der Waals surface area (Å²) in [5, 5.41) is 2.23. The first-order valence-corrected chi connectivity index (χ1v) is 6.06. The Kier molecular flexibility index (Phi) is 5.66. The number of carbonyl (C=O) groups is 1. The Labute approximate surface area is 114 Å². The van der Waals surface area contributed by atoms with Gasteiger partial charge in [0.05, 0.1) is 12.3 Å². The van der Waals surface area contributed by atoms with Gasteiger partial charge >= 0.3 is 12.3 Å². The number of hydrogen-bond acceptors (Lipinski definition) is 3. The van der Waals surface area contributed by atoms with Crippen LogP contribution in [0.2, 0.25) is 0 Å². The van der Waals surface area contributed by atoms with E-state index in [-0.39, 0.29) is 5.69 Å². The van der Waals surface area contributed by atoms with Crippen LogP contribution in [0.5, 0.6) is 5.75 Å². The SMILES string of the molecule is CCCOc1cc(C)ccc1NC(=O)OCC(F)(F)F. The zero-order chi connectivity index (χ0) is 15.2. The maximum absolute atomic E-state index is 11.9. The second-order valence-corrected chi connectivity index (χ2v) is 4.16. The van der Waals surface area contributed by atoms with Crippen LogP contribution < -0.4 is 10.1 Å². The Balaban J connectivity index is 2.68. The number of benzene rings is 1. The van der Waals surface area contributed by atoms with Crippen LogP contribution in [0, 0.1) is 6.92 Å². The monoisotopic (exact) mass is 291 g/mol. The van der Waals surface area contributed by atoms with Gasteiger partial charge in [0.25, 0.3) is 0 Å². The smallest absolute Gasteiger partial charge is 0.422 e. The highest BCUT2D eigenvalue weighted by Crippen LogP contribution is 2.26. The second kappa shape index (κ2) is 7.02. The Bertz CT molecular complexity index is 461. The fourth-order valence-electron chi connectivity index (χ4n) is 1.36. The molecule has 0 fully saturated rings. The molecule has 0 atom stereocenters. The van der Waals surface area contributed by atoms with Crippen molar-refractivity contribution in [3.8, 4) is 5.75 Å².